The molecule has 0 radical (unpaired) electrons. The largest absolute Gasteiger partial charge is 0.379 e. The zero-order valence-electron chi connectivity index (χ0n) is 13.7. The van der Waals surface area contributed by atoms with Crippen LogP contribution < -0.4 is 0 Å². The Labute approximate surface area is 142 Å². The Morgan fingerprint density at radius 3 is 2.50 bits per heavy atom. The molecule has 5 rings (SSSR count). The van der Waals surface area contributed by atoms with Crippen molar-refractivity contribution in [1.29, 1.82) is 0 Å². The molecule has 1 fully saturated rings. The van der Waals surface area contributed by atoms with E-state index in [1.54, 1.807) is 0 Å². The van der Waals surface area contributed by atoms with Crippen molar-refractivity contribution in [3.8, 4) is 0 Å². The van der Waals surface area contributed by atoms with E-state index in [0.717, 1.165) is 26.3 Å². The smallest absolute Gasteiger partial charge is 0.0594 e. The zero-order chi connectivity index (χ0) is 15.9. The molecule has 1 aliphatic heterocycles. The maximum Gasteiger partial charge on any atom is 0.0594 e. The van der Waals surface area contributed by atoms with Gasteiger partial charge in [0.05, 0.1) is 13.2 Å². The van der Waals surface area contributed by atoms with Crippen LogP contribution in [0.25, 0.3) is 10.9 Å². The molecule has 3 aromatic rings. The van der Waals surface area contributed by atoms with Gasteiger partial charge in [-0.05, 0) is 29.2 Å². The van der Waals surface area contributed by atoms with Gasteiger partial charge in [-0.25, -0.2) is 0 Å². The van der Waals surface area contributed by atoms with E-state index in [4.69, 9.17) is 4.74 Å². The number of morpholine rings is 1. The molecule has 1 saturated heterocycles. The highest BCUT2D eigenvalue weighted by molar-refractivity contribution is 5.84. The number of H-pyrrole nitrogens is 1. The van der Waals surface area contributed by atoms with Gasteiger partial charge < -0.3 is 9.72 Å². The second-order valence-corrected chi connectivity index (χ2v) is 6.87. The van der Waals surface area contributed by atoms with Crippen molar-refractivity contribution in [3.63, 3.8) is 0 Å². The number of nitrogens with zero attached hydrogens (tertiary/aromatic N) is 1. The summed E-state index contributed by atoms with van der Waals surface area (Å²) in [5.41, 5.74) is 5.68. The van der Waals surface area contributed by atoms with Gasteiger partial charge in [-0.3, -0.25) is 4.90 Å². The standard InChI is InChI=1S/C21H22N2O/c1-2-7-17-15(5-1)18(13-21(17)23-9-11-24-12-10-23)19-14-22-20-8-4-3-6-16(19)20/h1-8,14,18,21-22H,9-13H2/t18-,21+/m0/s1. The van der Waals surface area contributed by atoms with Crippen LogP contribution in [0.15, 0.2) is 54.7 Å². The van der Waals surface area contributed by atoms with Gasteiger partial charge in [0, 0.05) is 42.1 Å². The van der Waals surface area contributed by atoms with Crippen LogP contribution in [-0.2, 0) is 4.74 Å². The first-order valence-corrected chi connectivity index (χ1v) is 8.88. The van der Waals surface area contributed by atoms with Crippen molar-refractivity contribution < 1.29 is 4.74 Å². The molecule has 24 heavy (non-hydrogen) atoms. The average Bonchev–Trinajstić information content (AvgIpc) is 3.24. The van der Waals surface area contributed by atoms with E-state index in [0.29, 0.717) is 12.0 Å². The van der Waals surface area contributed by atoms with Crippen LogP contribution >= 0.6 is 0 Å². The first kappa shape index (κ1) is 14.3. The Morgan fingerprint density at radius 2 is 1.62 bits per heavy atom. The van der Waals surface area contributed by atoms with Crippen LogP contribution in [0.2, 0.25) is 0 Å². The summed E-state index contributed by atoms with van der Waals surface area (Å²) < 4.78 is 5.56. The summed E-state index contributed by atoms with van der Waals surface area (Å²) in [4.78, 5) is 6.06. The van der Waals surface area contributed by atoms with E-state index < -0.39 is 0 Å². The number of rotatable bonds is 2. The summed E-state index contributed by atoms with van der Waals surface area (Å²) in [6.45, 7) is 3.80. The van der Waals surface area contributed by atoms with Crippen LogP contribution in [0.5, 0.6) is 0 Å². The number of hydrogen-bond donors (Lipinski definition) is 1. The number of para-hydroxylation sites is 1. The number of hydrogen-bond acceptors (Lipinski definition) is 2. The van der Waals surface area contributed by atoms with Gasteiger partial charge in [0.2, 0.25) is 0 Å². The van der Waals surface area contributed by atoms with Crippen molar-refractivity contribution >= 4 is 10.9 Å². The molecule has 0 amide bonds. The van der Waals surface area contributed by atoms with Crippen LogP contribution in [-0.4, -0.2) is 36.2 Å². The summed E-state index contributed by atoms with van der Waals surface area (Å²) in [6.07, 6.45) is 3.38. The number of benzene rings is 2. The molecule has 2 heterocycles. The molecule has 2 aromatic carbocycles. The third-order valence-corrected chi connectivity index (χ3v) is 5.67. The SMILES string of the molecule is c1ccc2c(c1)[C@@H](c1c[nH]c3ccccc13)C[C@H]2N1CCOCC1. The quantitative estimate of drug-likeness (QED) is 0.771. The van der Waals surface area contributed by atoms with E-state index in [-0.39, 0.29) is 0 Å². The maximum atomic E-state index is 5.56. The van der Waals surface area contributed by atoms with E-state index in [1.807, 2.05) is 0 Å². The highest BCUT2D eigenvalue weighted by Crippen LogP contribution is 2.48. The monoisotopic (exact) mass is 318 g/mol. The minimum absolute atomic E-state index is 0.477. The van der Waals surface area contributed by atoms with E-state index in [1.165, 1.54) is 34.0 Å². The average molecular weight is 318 g/mol. The lowest BCUT2D eigenvalue weighted by Gasteiger charge is -2.32. The molecule has 0 unspecified atom stereocenters. The van der Waals surface area contributed by atoms with Crippen LogP contribution in [0.4, 0.5) is 0 Å². The Bertz CT molecular complexity index is 863. The zero-order valence-corrected chi connectivity index (χ0v) is 13.7. The maximum absolute atomic E-state index is 5.56. The van der Waals surface area contributed by atoms with Crippen molar-refractivity contribution in [2.75, 3.05) is 26.3 Å². The molecule has 1 aliphatic carbocycles. The Morgan fingerprint density at radius 1 is 0.875 bits per heavy atom. The molecule has 0 bridgehead atoms. The van der Waals surface area contributed by atoms with Gasteiger partial charge in [-0.15, -0.1) is 0 Å². The van der Waals surface area contributed by atoms with Crippen LogP contribution in [0.3, 0.4) is 0 Å². The highest BCUT2D eigenvalue weighted by atomic mass is 16.5. The minimum Gasteiger partial charge on any atom is -0.379 e. The minimum atomic E-state index is 0.477. The van der Waals surface area contributed by atoms with Crippen molar-refractivity contribution in [3.05, 3.63) is 71.4 Å². The molecular formula is C21H22N2O. The Kier molecular flexibility index (Phi) is 3.42. The first-order valence-electron chi connectivity index (χ1n) is 8.88. The summed E-state index contributed by atoms with van der Waals surface area (Å²) in [5.74, 6) is 0.477. The predicted octanol–water partition coefficient (Wildman–Crippen LogP) is 4.08. The van der Waals surface area contributed by atoms with Crippen molar-refractivity contribution in [2.45, 2.75) is 18.4 Å². The van der Waals surface area contributed by atoms with Gasteiger partial charge in [0.15, 0.2) is 0 Å². The van der Waals surface area contributed by atoms with Gasteiger partial charge >= 0.3 is 0 Å². The second kappa shape index (κ2) is 5.76. The molecule has 122 valence electrons. The normalized spacial score (nSPS) is 24.3. The second-order valence-electron chi connectivity index (χ2n) is 6.87. The molecule has 0 spiro atoms. The molecule has 2 aliphatic rings. The fourth-order valence-corrected chi connectivity index (χ4v) is 4.52. The summed E-state index contributed by atoms with van der Waals surface area (Å²) in [6, 6.07) is 18.2. The number of aromatic nitrogens is 1. The van der Waals surface area contributed by atoms with Crippen molar-refractivity contribution in [2.24, 2.45) is 0 Å². The van der Waals surface area contributed by atoms with Gasteiger partial charge in [0.25, 0.3) is 0 Å². The fraction of sp³-hybridized carbons (Fsp3) is 0.333. The number of aromatic amines is 1. The Balaban J connectivity index is 1.58. The predicted molar refractivity (Wildman–Crippen MR) is 96.3 cm³/mol. The van der Waals surface area contributed by atoms with Crippen LogP contribution in [0, 0.1) is 0 Å². The molecule has 1 aromatic heterocycles. The number of ether oxygens (including phenoxy) is 1. The van der Waals surface area contributed by atoms with E-state index in [9.17, 15) is 0 Å². The first-order chi connectivity index (χ1) is 11.9. The molecule has 3 nitrogen and oxygen atoms in total. The van der Waals surface area contributed by atoms with Gasteiger partial charge in [-0.2, -0.15) is 0 Å². The van der Waals surface area contributed by atoms with Crippen molar-refractivity contribution in [1.82, 2.24) is 9.88 Å². The molecular weight excluding hydrogens is 296 g/mol. The lowest BCUT2D eigenvalue weighted by Crippen LogP contribution is -2.38. The van der Waals surface area contributed by atoms with Crippen LogP contribution in [0.1, 0.15) is 35.1 Å². The highest BCUT2D eigenvalue weighted by Gasteiger charge is 2.36. The van der Waals surface area contributed by atoms with Gasteiger partial charge in [0.1, 0.15) is 0 Å². The lowest BCUT2D eigenvalue weighted by atomic mass is 9.92. The third kappa shape index (κ3) is 2.20. The van der Waals surface area contributed by atoms with E-state index in [2.05, 4.69) is 64.6 Å². The molecule has 2 atom stereocenters. The fourth-order valence-electron chi connectivity index (χ4n) is 4.52. The molecule has 3 heteroatoms. The van der Waals surface area contributed by atoms with Gasteiger partial charge in [-0.1, -0.05) is 42.5 Å². The topological polar surface area (TPSA) is 28.3 Å². The van der Waals surface area contributed by atoms with E-state index >= 15 is 0 Å². The Hall–Kier alpha value is -2.10. The molecule has 0 saturated carbocycles. The summed E-state index contributed by atoms with van der Waals surface area (Å²) >= 11 is 0. The number of nitrogens with one attached hydrogen (secondary N) is 1. The lowest BCUT2D eigenvalue weighted by molar-refractivity contribution is 0.0159. The number of fused-ring (bicyclic) bond motifs is 2. The third-order valence-electron chi connectivity index (χ3n) is 5.67. The molecule has 1 N–H and O–H groups in total. The summed E-state index contributed by atoms with van der Waals surface area (Å²) in [7, 11) is 0. The summed E-state index contributed by atoms with van der Waals surface area (Å²) in [5, 5.41) is 1.36.